The van der Waals surface area contributed by atoms with E-state index < -0.39 is 0 Å². The Morgan fingerprint density at radius 3 is 2.67 bits per heavy atom. The van der Waals surface area contributed by atoms with E-state index in [1.807, 2.05) is 6.92 Å². The van der Waals surface area contributed by atoms with Crippen molar-refractivity contribution in [1.82, 2.24) is 0 Å². The van der Waals surface area contributed by atoms with Crippen LogP contribution in [0.2, 0.25) is 0 Å². The number of epoxide rings is 2. The minimum atomic E-state index is -0.227. The highest BCUT2D eigenvalue weighted by molar-refractivity contribution is 4.97. The first-order chi connectivity index (χ1) is 5.68. The van der Waals surface area contributed by atoms with Crippen LogP contribution in [-0.4, -0.2) is 36.1 Å². The third kappa shape index (κ3) is 1.79. The lowest BCUT2D eigenvalue weighted by atomic mass is 9.98. The molecule has 2 saturated heterocycles. The lowest BCUT2D eigenvalue weighted by molar-refractivity contribution is 0.124. The van der Waals surface area contributed by atoms with Gasteiger partial charge in [0.05, 0.1) is 18.8 Å². The molecule has 0 amide bonds. The van der Waals surface area contributed by atoms with Crippen molar-refractivity contribution < 1.29 is 14.6 Å². The predicted octanol–water partition coefficient (Wildman–Crippen LogP) is 0.560. The van der Waals surface area contributed by atoms with Crippen LogP contribution in [0.3, 0.4) is 0 Å². The zero-order valence-electron chi connectivity index (χ0n) is 7.56. The molecule has 0 aromatic carbocycles. The predicted molar refractivity (Wildman–Crippen MR) is 43.9 cm³/mol. The van der Waals surface area contributed by atoms with Crippen molar-refractivity contribution >= 4 is 0 Å². The van der Waals surface area contributed by atoms with Gasteiger partial charge in [0.15, 0.2) is 0 Å². The molecule has 12 heavy (non-hydrogen) atoms. The van der Waals surface area contributed by atoms with E-state index in [9.17, 15) is 5.11 Å². The summed E-state index contributed by atoms with van der Waals surface area (Å²) in [5, 5.41) is 9.25. The SMILES string of the molecule is CC(O)C(C)CC1OC1C1CO1. The maximum absolute atomic E-state index is 9.25. The lowest BCUT2D eigenvalue weighted by Crippen LogP contribution is -2.16. The van der Waals surface area contributed by atoms with Gasteiger partial charge in [-0.25, -0.2) is 0 Å². The zero-order chi connectivity index (χ0) is 8.72. The number of hydrogen-bond acceptors (Lipinski definition) is 3. The quantitative estimate of drug-likeness (QED) is 0.630. The van der Waals surface area contributed by atoms with Crippen molar-refractivity contribution in [3.05, 3.63) is 0 Å². The largest absolute Gasteiger partial charge is 0.393 e. The first-order valence-electron chi connectivity index (χ1n) is 4.63. The van der Waals surface area contributed by atoms with Crippen LogP contribution < -0.4 is 0 Å². The van der Waals surface area contributed by atoms with Gasteiger partial charge in [0, 0.05) is 0 Å². The average molecular weight is 172 g/mol. The van der Waals surface area contributed by atoms with Gasteiger partial charge in [-0.1, -0.05) is 6.92 Å². The topological polar surface area (TPSA) is 45.3 Å². The molecule has 70 valence electrons. The second-order valence-electron chi connectivity index (χ2n) is 3.96. The summed E-state index contributed by atoms with van der Waals surface area (Å²) >= 11 is 0. The molecular formula is C9H16O3. The Labute approximate surface area is 72.7 Å². The Kier molecular flexibility index (Phi) is 2.10. The summed E-state index contributed by atoms with van der Waals surface area (Å²) in [4.78, 5) is 0. The van der Waals surface area contributed by atoms with Gasteiger partial charge in [-0.3, -0.25) is 0 Å². The highest BCUT2D eigenvalue weighted by Crippen LogP contribution is 2.37. The van der Waals surface area contributed by atoms with Crippen LogP contribution in [0.1, 0.15) is 20.3 Å². The van der Waals surface area contributed by atoms with Gasteiger partial charge in [-0.2, -0.15) is 0 Å². The van der Waals surface area contributed by atoms with Crippen LogP contribution in [0.25, 0.3) is 0 Å². The van der Waals surface area contributed by atoms with Crippen LogP contribution >= 0.6 is 0 Å². The lowest BCUT2D eigenvalue weighted by Gasteiger charge is -2.11. The minimum absolute atomic E-state index is 0.227. The molecule has 0 aromatic rings. The number of rotatable bonds is 4. The Morgan fingerprint density at radius 1 is 1.50 bits per heavy atom. The summed E-state index contributed by atoms with van der Waals surface area (Å²) in [6.45, 7) is 4.75. The first-order valence-corrected chi connectivity index (χ1v) is 4.63. The average Bonchev–Trinajstić information content (AvgIpc) is 2.79. The van der Waals surface area contributed by atoms with E-state index in [4.69, 9.17) is 9.47 Å². The molecule has 5 unspecified atom stereocenters. The smallest absolute Gasteiger partial charge is 0.113 e. The van der Waals surface area contributed by atoms with Gasteiger partial charge in [0.1, 0.15) is 12.2 Å². The van der Waals surface area contributed by atoms with Crippen LogP contribution in [0.4, 0.5) is 0 Å². The van der Waals surface area contributed by atoms with Crippen LogP contribution in [0, 0.1) is 5.92 Å². The van der Waals surface area contributed by atoms with E-state index in [1.54, 1.807) is 0 Å². The Balaban J connectivity index is 1.68. The molecule has 2 heterocycles. The van der Waals surface area contributed by atoms with E-state index in [1.165, 1.54) is 0 Å². The molecule has 2 aliphatic heterocycles. The summed E-state index contributed by atoms with van der Waals surface area (Å²) in [6.07, 6.45) is 1.79. The summed E-state index contributed by atoms with van der Waals surface area (Å²) in [5.74, 6) is 0.332. The first kappa shape index (κ1) is 8.48. The molecule has 0 aromatic heterocycles. The summed E-state index contributed by atoms with van der Waals surface area (Å²) in [5.41, 5.74) is 0. The number of aliphatic hydroxyl groups excluding tert-OH is 1. The third-order valence-electron chi connectivity index (χ3n) is 2.77. The molecule has 2 fully saturated rings. The number of ether oxygens (including phenoxy) is 2. The summed E-state index contributed by atoms with van der Waals surface area (Å²) < 4.78 is 10.5. The van der Waals surface area contributed by atoms with Crippen molar-refractivity contribution in [1.29, 1.82) is 0 Å². The highest BCUT2D eigenvalue weighted by Gasteiger charge is 2.51. The van der Waals surface area contributed by atoms with Gasteiger partial charge in [-0.15, -0.1) is 0 Å². The van der Waals surface area contributed by atoms with Crippen molar-refractivity contribution in [3.8, 4) is 0 Å². The molecule has 0 saturated carbocycles. The molecule has 2 aliphatic rings. The Morgan fingerprint density at radius 2 is 2.17 bits per heavy atom. The fraction of sp³-hybridized carbons (Fsp3) is 1.00. The van der Waals surface area contributed by atoms with E-state index in [2.05, 4.69) is 6.92 Å². The number of aliphatic hydroxyl groups is 1. The number of hydrogen-bond donors (Lipinski definition) is 1. The minimum Gasteiger partial charge on any atom is -0.393 e. The van der Waals surface area contributed by atoms with Crippen molar-refractivity contribution in [2.45, 2.75) is 44.7 Å². The summed E-state index contributed by atoms with van der Waals surface area (Å²) in [7, 11) is 0. The normalized spacial score (nSPS) is 43.8. The van der Waals surface area contributed by atoms with E-state index in [0.29, 0.717) is 24.2 Å². The molecule has 0 spiro atoms. The maximum Gasteiger partial charge on any atom is 0.113 e. The second kappa shape index (κ2) is 2.98. The van der Waals surface area contributed by atoms with Gasteiger partial charge in [0.25, 0.3) is 0 Å². The van der Waals surface area contributed by atoms with Crippen molar-refractivity contribution in [2.24, 2.45) is 5.92 Å². The van der Waals surface area contributed by atoms with Crippen molar-refractivity contribution in [3.63, 3.8) is 0 Å². The van der Waals surface area contributed by atoms with Gasteiger partial charge in [-0.05, 0) is 19.3 Å². The highest BCUT2D eigenvalue weighted by atomic mass is 16.7. The van der Waals surface area contributed by atoms with Gasteiger partial charge >= 0.3 is 0 Å². The molecule has 0 aliphatic carbocycles. The van der Waals surface area contributed by atoms with Gasteiger partial charge < -0.3 is 14.6 Å². The van der Waals surface area contributed by atoms with E-state index in [-0.39, 0.29) is 6.10 Å². The van der Waals surface area contributed by atoms with E-state index >= 15 is 0 Å². The third-order valence-corrected chi connectivity index (χ3v) is 2.77. The fourth-order valence-corrected chi connectivity index (χ4v) is 1.48. The van der Waals surface area contributed by atoms with Crippen LogP contribution in [-0.2, 0) is 9.47 Å². The summed E-state index contributed by atoms with van der Waals surface area (Å²) in [6, 6.07) is 0. The van der Waals surface area contributed by atoms with Crippen LogP contribution in [0.5, 0.6) is 0 Å². The van der Waals surface area contributed by atoms with E-state index in [0.717, 1.165) is 13.0 Å². The molecule has 0 bridgehead atoms. The molecular weight excluding hydrogens is 156 g/mol. The second-order valence-corrected chi connectivity index (χ2v) is 3.96. The van der Waals surface area contributed by atoms with Crippen LogP contribution in [0.15, 0.2) is 0 Å². The maximum atomic E-state index is 9.25. The Hall–Kier alpha value is -0.120. The molecule has 5 atom stereocenters. The van der Waals surface area contributed by atoms with Gasteiger partial charge in [0.2, 0.25) is 0 Å². The Bertz CT molecular complexity index is 165. The molecule has 3 nitrogen and oxygen atoms in total. The molecule has 2 rings (SSSR count). The molecule has 1 N–H and O–H groups in total. The monoisotopic (exact) mass is 172 g/mol. The zero-order valence-corrected chi connectivity index (χ0v) is 7.56. The molecule has 0 radical (unpaired) electrons. The standard InChI is InChI=1S/C9H16O3/c1-5(6(2)10)3-7-9(12-7)8-4-11-8/h5-10H,3-4H2,1-2H3. The molecule has 3 heteroatoms. The van der Waals surface area contributed by atoms with Crippen molar-refractivity contribution in [2.75, 3.05) is 6.61 Å². The fourth-order valence-electron chi connectivity index (χ4n) is 1.48.